The summed E-state index contributed by atoms with van der Waals surface area (Å²) in [6, 6.07) is -0.858. The van der Waals surface area contributed by atoms with Gasteiger partial charge in [-0.15, -0.1) is 0 Å². The van der Waals surface area contributed by atoms with Gasteiger partial charge >= 0.3 is 23.5 Å². The van der Waals surface area contributed by atoms with Crippen molar-refractivity contribution in [3.05, 3.63) is 23.0 Å². The summed E-state index contributed by atoms with van der Waals surface area (Å²) in [5, 5.41) is 20.6. The maximum Gasteiger partial charge on any atom is 0.490 e. The van der Waals surface area contributed by atoms with Crippen molar-refractivity contribution in [2.45, 2.75) is 24.7 Å². The summed E-state index contributed by atoms with van der Waals surface area (Å²) < 4.78 is 46.8. The zero-order valence-electron chi connectivity index (χ0n) is 15.1. The van der Waals surface area contributed by atoms with E-state index in [2.05, 4.69) is 28.1 Å². The van der Waals surface area contributed by atoms with Gasteiger partial charge in [0.2, 0.25) is 0 Å². The van der Waals surface area contributed by atoms with E-state index in [0.29, 0.717) is 0 Å². The van der Waals surface area contributed by atoms with Crippen LogP contribution in [0, 0.1) is 5.92 Å². The van der Waals surface area contributed by atoms with Crippen LogP contribution in [0.15, 0.2) is 17.4 Å². The molecule has 3 rings (SSSR count). The Morgan fingerprint density at radius 3 is 2.39 bits per heavy atom. The lowest BCUT2D eigenvalue weighted by Crippen LogP contribution is -2.30. The highest BCUT2D eigenvalue weighted by Gasteiger charge is 2.46. The Bertz CT molecular complexity index is 1160. The molecule has 0 saturated heterocycles. The average molecular weight is 506 g/mol. The number of aliphatic hydroxyl groups excluding tert-OH is 2. The molecule has 2 heterocycles. The number of aromatic nitrogens is 4. The molecule has 1 fully saturated rings. The zero-order valence-corrected chi connectivity index (χ0v) is 17.8. The molecule has 174 valence electrons. The third kappa shape index (κ3) is 5.73. The molecule has 2 unspecified atom stereocenters. The van der Waals surface area contributed by atoms with Gasteiger partial charge in [-0.05, 0) is 6.42 Å². The number of aliphatic hydroxyl groups is 2. The van der Waals surface area contributed by atoms with Crippen LogP contribution < -0.4 is 5.56 Å². The molecule has 0 radical (unpaired) electrons. The van der Waals surface area contributed by atoms with Gasteiger partial charge in [-0.3, -0.25) is 9.32 Å². The highest BCUT2D eigenvalue weighted by molar-refractivity contribution is 7.66. The summed E-state index contributed by atoms with van der Waals surface area (Å²) in [6.07, 6.45) is -0.631. The van der Waals surface area contributed by atoms with Crippen molar-refractivity contribution in [3.8, 4) is 0 Å². The van der Waals surface area contributed by atoms with Crippen molar-refractivity contribution in [1.82, 2.24) is 19.5 Å². The number of phosphoric ester groups is 1. The normalized spacial score (nSPS) is 28.5. The smallest absolute Gasteiger partial charge is 0.390 e. The number of nitrogens with one attached hydrogen (secondary N) is 1. The van der Waals surface area contributed by atoms with E-state index in [0.717, 1.165) is 6.33 Å². The molecule has 1 aliphatic carbocycles. The number of phosphoric acid groups is 3. The van der Waals surface area contributed by atoms with Crippen LogP contribution >= 0.6 is 23.5 Å². The van der Waals surface area contributed by atoms with E-state index in [1.807, 2.05) is 0 Å². The lowest BCUT2D eigenvalue weighted by molar-refractivity contribution is -0.00372. The highest BCUT2D eigenvalue weighted by atomic mass is 31.3. The molecule has 2 aromatic heterocycles. The highest BCUT2D eigenvalue weighted by Crippen LogP contribution is 2.66. The van der Waals surface area contributed by atoms with Gasteiger partial charge in [0.25, 0.3) is 5.56 Å². The fourth-order valence-corrected chi connectivity index (χ4v) is 6.21. The largest absolute Gasteiger partial charge is 0.490 e. The first kappa shape index (κ1) is 24.3. The zero-order chi connectivity index (χ0) is 23.2. The maximum atomic E-state index is 11.8. The van der Waals surface area contributed by atoms with Gasteiger partial charge < -0.3 is 39.3 Å². The summed E-state index contributed by atoms with van der Waals surface area (Å²) in [4.78, 5) is 57.6. The minimum Gasteiger partial charge on any atom is -0.390 e. The lowest BCUT2D eigenvalue weighted by Gasteiger charge is -2.19. The van der Waals surface area contributed by atoms with Crippen LogP contribution in [0.2, 0.25) is 0 Å². The van der Waals surface area contributed by atoms with E-state index in [4.69, 9.17) is 14.7 Å². The van der Waals surface area contributed by atoms with Crippen molar-refractivity contribution < 1.29 is 56.6 Å². The summed E-state index contributed by atoms with van der Waals surface area (Å²) in [6.45, 7) is -0.765. The predicted octanol–water partition coefficient (Wildman–Crippen LogP) is -1.25. The minimum absolute atomic E-state index is 0.0131. The number of rotatable bonds is 8. The molecule has 2 aromatic rings. The fourth-order valence-electron chi connectivity index (χ4n) is 3.14. The lowest BCUT2D eigenvalue weighted by atomic mass is 10.1. The van der Waals surface area contributed by atoms with E-state index in [9.17, 15) is 33.6 Å². The van der Waals surface area contributed by atoms with Crippen LogP contribution in [-0.2, 0) is 26.8 Å². The molecular weight excluding hydrogens is 489 g/mol. The van der Waals surface area contributed by atoms with E-state index < -0.39 is 59.8 Å². The summed E-state index contributed by atoms with van der Waals surface area (Å²) in [7, 11) is -16.6. The molecule has 6 atom stereocenters. The Hall–Kier alpha value is -1.32. The Morgan fingerprint density at radius 2 is 1.74 bits per heavy atom. The Labute approximate surface area is 171 Å². The van der Waals surface area contributed by atoms with E-state index >= 15 is 0 Å². The summed E-state index contributed by atoms with van der Waals surface area (Å²) in [5.41, 5.74) is -0.421. The van der Waals surface area contributed by atoms with Gasteiger partial charge in [-0.2, -0.15) is 8.62 Å². The SMILES string of the molecule is O=c1[nH]cnc2c1ncn2[C@@H]1C[C@H](COP(=O)(O)OP(=O)(O)OP(=O)(O)O)[C@@H](O)[C@H]1O. The Balaban J connectivity index is 1.70. The molecule has 20 heteroatoms. The van der Waals surface area contributed by atoms with Crippen LogP contribution in [0.3, 0.4) is 0 Å². The number of nitrogens with zero attached hydrogens (tertiary/aromatic N) is 3. The third-order valence-corrected chi connectivity index (χ3v) is 8.16. The van der Waals surface area contributed by atoms with Gasteiger partial charge in [0.05, 0.1) is 31.4 Å². The second kappa shape index (κ2) is 8.56. The van der Waals surface area contributed by atoms with Crippen molar-refractivity contribution in [2.75, 3.05) is 6.61 Å². The van der Waals surface area contributed by atoms with E-state index in [-0.39, 0.29) is 17.6 Å². The van der Waals surface area contributed by atoms with Crippen molar-refractivity contribution >= 4 is 34.6 Å². The fraction of sp³-hybridized carbons (Fsp3) is 0.545. The van der Waals surface area contributed by atoms with Crippen molar-refractivity contribution in [3.63, 3.8) is 0 Å². The van der Waals surface area contributed by atoms with Crippen LogP contribution in [0.1, 0.15) is 12.5 Å². The van der Waals surface area contributed by atoms with Crippen LogP contribution in [0.4, 0.5) is 0 Å². The molecule has 0 bridgehead atoms. The molecule has 17 nitrogen and oxygen atoms in total. The minimum atomic E-state index is -5.67. The quantitative estimate of drug-likeness (QED) is 0.206. The Kier molecular flexibility index (Phi) is 6.71. The molecule has 1 aliphatic rings. The van der Waals surface area contributed by atoms with Gasteiger partial charge in [-0.25, -0.2) is 23.7 Å². The second-order valence-corrected chi connectivity index (χ2v) is 10.9. The Morgan fingerprint density at radius 1 is 1.06 bits per heavy atom. The van der Waals surface area contributed by atoms with Crippen LogP contribution in [0.5, 0.6) is 0 Å². The molecule has 1 saturated carbocycles. The van der Waals surface area contributed by atoms with Crippen molar-refractivity contribution in [2.24, 2.45) is 5.92 Å². The number of hydrogen-bond donors (Lipinski definition) is 7. The molecule has 0 aromatic carbocycles. The average Bonchev–Trinajstić information content (AvgIpc) is 3.13. The number of imidazole rings is 1. The van der Waals surface area contributed by atoms with Crippen LogP contribution in [0.25, 0.3) is 11.2 Å². The number of H-pyrrole nitrogens is 1. The van der Waals surface area contributed by atoms with E-state index in [1.165, 1.54) is 10.9 Å². The van der Waals surface area contributed by atoms with Crippen molar-refractivity contribution in [1.29, 1.82) is 0 Å². The topological polar surface area (TPSA) is 264 Å². The molecule has 7 N–H and O–H groups in total. The van der Waals surface area contributed by atoms with Gasteiger partial charge in [0.1, 0.15) is 6.10 Å². The first-order valence-electron chi connectivity index (χ1n) is 8.24. The first-order valence-corrected chi connectivity index (χ1v) is 12.8. The number of fused-ring (bicyclic) bond motifs is 1. The predicted molar refractivity (Wildman–Crippen MR) is 97.1 cm³/mol. The summed E-state index contributed by atoms with van der Waals surface area (Å²) >= 11 is 0. The molecule has 31 heavy (non-hydrogen) atoms. The molecule has 0 amide bonds. The number of aromatic amines is 1. The molecule has 0 aliphatic heterocycles. The third-order valence-electron chi connectivity index (χ3n) is 4.36. The van der Waals surface area contributed by atoms with Gasteiger partial charge in [0.15, 0.2) is 11.2 Å². The maximum absolute atomic E-state index is 11.8. The summed E-state index contributed by atoms with van der Waals surface area (Å²) in [5.74, 6) is -0.996. The van der Waals surface area contributed by atoms with Crippen LogP contribution in [-0.4, -0.2) is 68.1 Å². The monoisotopic (exact) mass is 506 g/mol. The second-order valence-electron chi connectivity index (χ2n) is 6.49. The standard InChI is InChI=1S/C11H17N4O13P3/c16-8-5(2-26-30(22,23)28-31(24,25)27-29(19,20)21)1-6(9(8)17)15-4-14-7-10(15)12-3-13-11(7)18/h3-6,8-9,16-17H,1-2H2,(H,22,23)(H,24,25)(H,12,13,18)(H2,19,20,21)/t5-,6-,8-,9+/m1/s1. The van der Waals surface area contributed by atoms with Gasteiger partial charge in [-0.1, -0.05) is 0 Å². The van der Waals surface area contributed by atoms with E-state index in [1.54, 1.807) is 0 Å². The van der Waals surface area contributed by atoms with Gasteiger partial charge in [0, 0.05) is 5.92 Å². The first-order chi connectivity index (χ1) is 14.2. The molecular formula is C11H17N4O13P3. The molecule has 0 spiro atoms. The number of hydrogen-bond acceptors (Lipinski definition) is 11.